The average Bonchev–Trinajstić information content (AvgIpc) is 2.20. The molecule has 4 heteroatoms. The number of benzene rings is 1. The van der Waals surface area contributed by atoms with Crippen molar-refractivity contribution in [1.82, 2.24) is 5.32 Å². The van der Waals surface area contributed by atoms with Gasteiger partial charge in [-0.05, 0) is 43.5 Å². The maximum atomic E-state index is 13.3. The first-order chi connectivity index (χ1) is 7.65. The van der Waals surface area contributed by atoms with Gasteiger partial charge in [0.2, 0.25) is 0 Å². The van der Waals surface area contributed by atoms with Crippen molar-refractivity contribution in [2.75, 3.05) is 6.54 Å². The Kier molecular flexibility index (Phi) is 3.79. The Morgan fingerprint density at radius 3 is 2.88 bits per heavy atom. The van der Waals surface area contributed by atoms with Gasteiger partial charge < -0.3 is 10.4 Å². The lowest BCUT2D eigenvalue weighted by Crippen LogP contribution is -2.36. The van der Waals surface area contributed by atoms with E-state index in [1.807, 2.05) is 0 Å². The van der Waals surface area contributed by atoms with Gasteiger partial charge in [0, 0.05) is 17.1 Å². The summed E-state index contributed by atoms with van der Waals surface area (Å²) in [6.07, 6.45) is 1.57. The maximum Gasteiger partial charge on any atom is 0.127 e. The van der Waals surface area contributed by atoms with Crippen LogP contribution in [0.15, 0.2) is 18.2 Å². The summed E-state index contributed by atoms with van der Waals surface area (Å²) in [4.78, 5) is 0. The lowest BCUT2D eigenvalue weighted by atomic mass is 9.82. The summed E-state index contributed by atoms with van der Waals surface area (Å²) in [5, 5.41) is 12.8. The van der Waals surface area contributed by atoms with E-state index >= 15 is 0 Å². The summed E-state index contributed by atoms with van der Waals surface area (Å²) in [6.45, 7) is 1.31. The minimum atomic E-state index is -0.231. The first-order valence-corrected chi connectivity index (χ1v) is 5.85. The SMILES string of the molecule is OC1CC(CNCc2cc(Cl)ccc2F)C1. The predicted molar refractivity (Wildman–Crippen MR) is 61.8 cm³/mol. The third-order valence-electron chi connectivity index (χ3n) is 2.97. The van der Waals surface area contributed by atoms with E-state index in [9.17, 15) is 4.39 Å². The van der Waals surface area contributed by atoms with Crippen LogP contribution in [0.1, 0.15) is 18.4 Å². The molecule has 0 spiro atoms. The van der Waals surface area contributed by atoms with Crippen molar-refractivity contribution in [3.8, 4) is 0 Å². The Balaban J connectivity index is 1.78. The summed E-state index contributed by atoms with van der Waals surface area (Å²) in [7, 11) is 0. The van der Waals surface area contributed by atoms with Crippen LogP contribution in [0.3, 0.4) is 0 Å². The minimum Gasteiger partial charge on any atom is -0.393 e. The van der Waals surface area contributed by atoms with Crippen LogP contribution in [-0.2, 0) is 6.54 Å². The molecule has 0 aliphatic heterocycles. The highest BCUT2D eigenvalue weighted by molar-refractivity contribution is 6.30. The Morgan fingerprint density at radius 1 is 1.44 bits per heavy atom. The molecule has 2 rings (SSSR count). The summed E-state index contributed by atoms with van der Waals surface area (Å²) < 4.78 is 13.3. The lowest BCUT2D eigenvalue weighted by molar-refractivity contribution is 0.0429. The monoisotopic (exact) mass is 243 g/mol. The highest BCUT2D eigenvalue weighted by atomic mass is 35.5. The lowest BCUT2D eigenvalue weighted by Gasteiger charge is -2.31. The van der Waals surface area contributed by atoms with Gasteiger partial charge in [0.15, 0.2) is 0 Å². The van der Waals surface area contributed by atoms with Crippen LogP contribution in [0.5, 0.6) is 0 Å². The normalized spacial score (nSPS) is 24.2. The van der Waals surface area contributed by atoms with Crippen LogP contribution >= 0.6 is 11.6 Å². The van der Waals surface area contributed by atoms with Gasteiger partial charge in [-0.1, -0.05) is 11.6 Å². The molecular weight excluding hydrogens is 229 g/mol. The second kappa shape index (κ2) is 5.13. The number of aliphatic hydroxyl groups is 1. The summed E-state index contributed by atoms with van der Waals surface area (Å²) in [5.74, 6) is 0.294. The minimum absolute atomic E-state index is 0.130. The fourth-order valence-electron chi connectivity index (χ4n) is 1.96. The molecule has 1 aromatic carbocycles. The molecule has 1 aromatic rings. The van der Waals surface area contributed by atoms with Crippen molar-refractivity contribution in [2.45, 2.75) is 25.5 Å². The van der Waals surface area contributed by atoms with Crippen LogP contribution in [0.4, 0.5) is 4.39 Å². The van der Waals surface area contributed by atoms with E-state index < -0.39 is 0 Å². The molecule has 88 valence electrons. The van der Waals surface area contributed by atoms with E-state index in [1.165, 1.54) is 6.07 Å². The van der Waals surface area contributed by atoms with E-state index in [0.29, 0.717) is 23.0 Å². The van der Waals surface area contributed by atoms with Crippen LogP contribution in [0, 0.1) is 11.7 Å². The number of rotatable bonds is 4. The smallest absolute Gasteiger partial charge is 0.127 e. The molecule has 0 radical (unpaired) electrons. The first-order valence-electron chi connectivity index (χ1n) is 5.48. The van der Waals surface area contributed by atoms with E-state index in [2.05, 4.69) is 5.32 Å². The molecule has 0 bridgehead atoms. The molecule has 0 amide bonds. The summed E-state index contributed by atoms with van der Waals surface area (Å²) in [6, 6.07) is 4.56. The molecule has 1 fully saturated rings. The van der Waals surface area contributed by atoms with Gasteiger partial charge in [0.1, 0.15) is 5.82 Å². The highest BCUT2D eigenvalue weighted by Gasteiger charge is 2.26. The second-order valence-corrected chi connectivity index (χ2v) is 4.79. The fraction of sp³-hybridized carbons (Fsp3) is 0.500. The first kappa shape index (κ1) is 11.8. The zero-order valence-corrected chi connectivity index (χ0v) is 9.67. The number of hydrogen-bond donors (Lipinski definition) is 2. The van der Waals surface area contributed by atoms with Gasteiger partial charge in [0.25, 0.3) is 0 Å². The zero-order valence-electron chi connectivity index (χ0n) is 8.92. The topological polar surface area (TPSA) is 32.3 Å². The number of halogens is 2. The van der Waals surface area contributed by atoms with Gasteiger partial charge in [-0.15, -0.1) is 0 Å². The number of hydrogen-bond acceptors (Lipinski definition) is 2. The summed E-state index contributed by atoms with van der Waals surface area (Å²) in [5.41, 5.74) is 0.590. The molecule has 0 saturated heterocycles. The van der Waals surface area contributed by atoms with Crippen molar-refractivity contribution in [3.63, 3.8) is 0 Å². The Morgan fingerprint density at radius 2 is 2.19 bits per heavy atom. The van der Waals surface area contributed by atoms with Crippen LogP contribution in [-0.4, -0.2) is 17.8 Å². The Bertz CT molecular complexity index is 366. The molecule has 1 saturated carbocycles. The summed E-state index contributed by atoms with van der Waals surface area (Å²) >= 11 is 5.79. The third kappa shape index (κ3) is 2.94. The molecule has 2 N–H and O–H groups in total. The van der Waals surface area contributed by atoms with Crippen molar-refractivity contribution in [3.05, 3.63) is 34.6 Å². The van der Waals surface area contributed by atoms with Crippen LogP contribution < -0.4 is 5.32 Å². The number of nitrogens with one attached hydrogen (secondary N) is 1. The molecule has 0 aromatic heterocycles. The van der Waals surface area contributed by atoms with E-state index in [4.69, 9.17) is 16.7 Å². The average molecular weight is 244 g/mol. The fourth-order valence-corrected chi connectivity index (χ4v) is 2.15. The van der Waals surface area contributed by atoms with Gasteiger partial charge in [-0.2, -0.15) is 0 Å². The standard InChI is InChI=1S/C12H15ClFNO/c13-10-1-2-12(14)9(5-10)7-15-6-8-3-11(16)4-8/h1-2,5,8,11,15-16H,3-4,6-7H2. The van der Waals surface area contributed by atoms with E-state index in [-0.39, 0.29) is 11.9 Å². The Hall–Kier alpha value is -0.640. The van der Waals surface area contributed by atoms with Gasteiger partial charge in [-0.3, -0.25) is 0 Å². The van der Waals surface area contributed by atoms with Crippen molar-refractivity contribution in [1.29, 1.82) is 0 Å². The molecule has 2 nitrogen and oxygen atoms in total. The molecule has 16 heavy (non-hydrogen) atoms. The molecule has 0 atom stereocenters. The molecule has 1 aliphatic rings. The Labute approximate surface area is 99.4 Å². The highest BCUT2D eigenvalue weighted by Crippen LogP contribution is 2.26. The predicted octanol–water partition coefficient (Wildman–Crippen LogP) is 2.34. The maximum absolute atomic E-state index is 13.3. The largest absolute Gasteiger partial charge is 0.393 e. The van der Waals surface area contributed by atoms with Gasteiger partial charge >= 0.3 is 0 Å². The van der Waals surface area contributed by atoms with Crippen molar-refractivity contribution in [2.24, 2.45) is 5.92 Å². The second-order valence-electron chi connectivity index (χ2n) is 4.36. The van der Waals surface area contributed by atoms with Crippen LogP contribution in [0.2, 0.25) is 5.02 Å². The quantitative estimate of drug-likeness (QED) is 0.851. The van der Waals surface area contributed by atoms with Crippen LogP contribution in [0.25, 0.3) is 0 Å². The van der Waals surface area contributed by atoms with Gasteiger partial charge in [0.05, 0.1) is 6.10 Å². The third-order valence-corrected chi connectivity index (χ3v) is 3.20. The van der Waals surface area contributed by atoms with E-state index in [1.54, 1.807) is 12.1 Å². The van der Waals surface area contributed by atoms with E-state index in [0.717, 1.165) is 19.4 Å². The molecular formula is C12H15ClFNO. The number of aliphatic hydroxyl groups excluding tert-OH is 1. The van der Waals surface area contributed by atoms with Crippen molar-refractivity contribution >= 4 is 11.6 Å². The molecule has 1 aliphatic carbocycles. The van der Waals surface area contributed by atoms with Gasteiger partial charge in [-0.25, -0.2) is 4.39 Å². The molecule has 0 heterocycles. The molecule has 0 unspecified atom stereocenters. The zero-order chi connectivity index (χ0) is 11.5. The van der Waals surface area contributed by atoms with Crippen molar-refractivity contribution < 1.29 is 9.50 Å².